The second kappa shape index (κ2) is 3.51. The van der Waals surface area contributed by atoms with Gasteiger partial charge in [-0.2, -0.15) is 0 Å². The third kappa shape index (κ3) is 1.65. The summed E-state index contributed by atoms with van der Waals surface area (Å²) in [6, 6.07) is 1.58. The number of carboxylic acid groups (broad SMARTS) is 1. The zero-order valence-electron chi connectivity index (χ0n) is 9.09. The molecule has 2 heterocycles. The molecule has 1 aliphatic heterocycles. The smallest absolute Gasteiger partial charge is 0.318 e. The lowest BCUT2D eigenvalue weighted by molar-refractivity contribution is -0.138. The van der Waals surface area contributed by atoms with Crippen LogP contribution in [0.5, 0.6) is 0 Å². The van der Waals surface area contributed by atoms with E-state index in [0.29, 0.717) is 13.0 Å². The van der Waals surface area contributed by atoms with Gasteiger partial charge in [-0.1, -0.05) is 0 Å². The number of rotatable bonds is 3. The first-order valence-electron chi connectivity index (χ1n) is 5.59. The third-order valence-corrected chi connectivity index (χ3v) is 3.44. The van der Waals surface area contributed by atoms with Crippen molar-refractivity contribution in [3.63, 3.8) is 0 Å². The Morgan fingerprint density at radius 2 is 2.35 bits per heavy atom. The Kier molecular flexibility index (Phi) is 2.10. The van der Waals surface area contributed by atoms with Gasteiger partial charge in [-0.3, -0.25) is 4.79 Å². The van der Waals surface area contributed by atoms with E-state index in [2.05, 4.69) is 10.3 Å². The quantitative estimate of drug-likeness (QED) is 0.715. The monoisotopic (exact) mass is 235 g/mol. The lowest BCUT2D eigenvalue weighted by Gasteiger charge is -2.13. The molecule has 90 valence electrons. The summed E-state index contributed by atoms with van der Waals surface area (Å²) < 4.78 is 0. The molecular weight excluding hydrogens is 222 g/mol. The molecule has 3 N–H and O–H groups in total. The van der Waals surface area contributed by atoms with Crippen molar-refractivity contribution in [2.24, 2.45) is 5.92 Å². The van der Waals surface area contributed by atoms with Crippen molar-refractivity contribution in [1.82, 2.24) is 15.2 Å². The number of H-pyrrole nitrogens is 1. The molecule has 3 rings (SSSR count). The van der Waals surface area contributed by atoms with E-state index < -0.39 is 5.97 Å². The highest BCUT2D eigenvalue weighted by molar-refractivity contribution is 5.81. The van der Waals surface area contributed by atoms with Crippen molar-refractivity contribution in [3.05, 3.63) is 24.0 Å². The Hall–Kier alpha value is -1.98. The Morgan fingerprint density at radius 1 is 1.53 bits per heavy atom. The third-order valence-electron chi connectivity index (χ3n) is 3.44. The number of aromatic nitrogens is 1. The molecule has 17 heavy (non-hydrogen) atoms. The van der Waals surface area contributed by atoms with Gasteiger partial charge < -0.3 is 20.3 Å². The second-order valence-electron chi connectivity index (χ2n) is 4.55. The fraction of sp³-hybridized carbons (Fsp3) is 0.455. The van der Waals surface area contributed by atoms with Crippen molar-refractivity contribution in [3.8, 4) is 0 Å². The van der Waals surface area contributed by atoms with Gasteiger partial charge in [0, 0.05) is 25.0 Å². The Balaban J connectivity index is 1.69. The highest BCUT2D eigenvalue weighted by Crippen LogP contribution is 2.38. The second-order valence-corrected chi connectivity index (χ2v) is 4.55. The fourth-order valence-electron chi connectivity index (χ4n) is 2.38. The van der Waals surface area contributed by atoms with E-state index in [4.69, 9.17) is 5.11 Å². The van der Waals surface area contributed by atoms with E-state index in [0.717, 1.165) is 5.56 Å². The molecule has 6 nitrogen and oxygen atoms in total. The number of aliphatic carboxylic acids is 1. The van der Waals surface area contributed by atoms with Gasteiger partial charge in [0.2, 0.25) is 0 Å². The fourth-order valence-corrected chi connectivity index (χ4v) is 2.38. The number of hydrogen-bond acceptors (Lipinski definition) is 2. The van der Waals surface area contributed by atoms with Gasteiger partial charge >= 0.3 is 12.0 Å². The van der Waals surface area contributed by atoms with Gasteiger partial charge in [0.05, 0.1) is 12.0 Å². The molecule has 1 aromatic rings. The highest BCUT2D eigenvalue weighted by atomic mass is 16.4. The summed E-state index contributed by atoms with van der Waals surface area (Å²) in [5, 5.41) is 11.7. The van der Waals surface area contributed by atoms with Crippen LogP contribution in [0.2, 0.25) is 0 Å². The molecule has 0 radical (unpaired) electrons. The van der Waals surface area contributed by atoms with Gasteiger partial charge in [-0.25, -0.2) is 4.79 Å². The average Bonchev–Trinajstić information content (AvgIpc) is 2.73. The number of amides is 2. The summed E-state index contributed by atoms with van der Waals surface area (Å²) in [6.45, 7) is 0.547. The van der Waals surface area contributed by atoms with Crippen LogP contribution in [0.4, 0.5) is 4.79 Å². The van der Waals surface area contributed by atoms with Crippen LogP contribution in [0.3, 0.4) is 0 Å². The van der Waals surface area contributed by atoms with Gasteiger partial charge in [0.1, 0.15) is 0 Å². The molecule has 2 aliphatic rings. The lowest BCUT2D eigenvalue weighted by Crippen LogP contribution is -2.32. The average molecular weight is 235 g/mol. The van der Waals surface area contributed by atoms with Crippen LogP contribution in [0, 0.1) is 5.92 Å². The molecule has 1 aliphatic carbocycles. The molecule has 1 aromatic heterocycles. The normalized spacial score (nSPS) is 31.4. The zero-order chi connectivity index (χ0) is 12.0. The summed E-state index contributed by atoms with van der Waals surface area (Å²) in [5.74, 6) is -1.20. The SMILES string of the molecule is O=C(O)C1CC1N1CC(c2cc[nH]c2)NC1=O. The minimum absolute atomic E-state index is 0.0382. The maximum Gasteiger partial charge on any atom is 0.318 e. The van der Waals surface area contributed by atoms with Gasteiger partial charge in [-0.15, -0.1) is 0 Å². The van der Waals surface area contributed by atoms with Crippen molar-refractivity contribution in [1.29, 1.82) is 0 Å². The molecule has 0 aromatic carbocycles. The lowest BCUT2D eigenvalue weighted by atomic mass is 10.1. The van der Waals surface area contributed by atoms with Crippen LogP contribution in [-0.4, -0.2) is 39.6 Å². The zero-order valence-corrected chi connectivity index (χ0v) is 9.09. The van der Waals surface area contributed by atoms with E-state index in [9.17, 15) is 9.59 Å². The molecule has 1 saturated carbocycles. The van der Waals surface area contributed by atoms with E-state index in [1.165, 1.54) is 0 Å². The first-order chi connectivity index (χ1) is 8.16. The number of aromatic amines is 1. The van der Waals surface area contributed by atoms with Crippen LogP contribution in [0.1, 0.15) is 18.0 Å². The number of carboxylic acids is 1. The topological polar surface area (TPSA) is 85.4 Å². The maximum atomic E-state index is 11.7. The highest BCUT2D eigenvalue weighted by Gasteiger charge is 2.51. The van der Waals surface area contributed by atoms with Crippen LogP contribution in [0.15, 0.2) is 18.5 Å². The Bertz CT molecular complexity index is 457. The molecule has 3 atom stereocenters. The largest absolute Gasteiger partial charge is 0.481 e. The van der Waals surface area contributed by atoms with E-state index in [1.807, 2.05) is 12.3 Å². The molecule has 3 unspecified atom stereocenters. The summed E-state index contributed by atoms with van der Waals surface area (Å²) in [7, 11) is 0. The first-order valence-corrected chi connectivity index (χ1v) is 5.59. The van der Waals surface area contributed by atoms with Crippen LogP contribution in [-0.2, 0) is 4.79 Å². The van der Waals surface area contributed by atoms with Crippen molar-refractivity contribution >= 4 is 12.0 Å². The molecule has 6 heteroatoms. The van der Waals surface area contributed by atoms with Crippen molar-refractivity contribution in [2.75, 3.05) is 6.54 Å². The van der Waals surface area contributed by atoms with Crippen molar-refractivity contribution in [2.45, 2.75) is 18.5 Å². The predicted molar refractivity (Wildman–Crippen MR) is 58.3 cm³/mol. The summed E-state index contributed by atoms with van der Waals surface area (Å²) in [4.78, 5) is 27.1. The standard InChI is InChI=1S/C11H13N3O3/c15-10(16)7-3-9(7)14-5-8(13-11(14)17)6-1-2-12-4-6/h1-2,4,7-9,12H,3,5H2,(H,13,17)(H,15,16). The number of hydrogen-bond donors (Lipinski definition) is 3. The number of carbonyl (C=O) groups excluding carboxylic acids is 1. The molecule has 2 amide bonds. The van der Waals surface area contributed by atoms with E-state index >= 15 is 0 Å². The van der Waals surface area contributed by atoms with Crippen LogP contribution < -0.4 is 5.32 Å². The van der Waals surface area contributed by atoms with E-state index in [-0.39, 0.29) is 24.0 Å². The predicted octanol–water partition coefficient (Wildman–Crippen LogP) is 0.554. The van der Waals surface area contributed by atoms with Crippen molar-refractivity contribution < 1.29 is 14.7 Å². The Morgan fingerprint density at radius 3 is 2.94 bits per heavy atom. The summed E-state index contributed by atoms with van der Waals surface area (Å²) in [6.07, 6.45) is 4.22. The number of carbonyl (C=O) groups is 2. The van der Waals surface area contributed by atoms with Gasteiger partial charge in [-0.05, 0) is 18.1 Å². The van der Waals surface area contributed by atoms with Gasteiger partial charge in [0.25, 0.3) is 0 Å². The Labute approximate surface area is 97.6 Å². The minimum atomic E-state index is -0.812. The van der Waals surface area contributed by atoms with E-state index in [1.54, 1.807) is 11.1 Å². The molecular formula is C11H13N3O3. The maximum absolute atomic E-state index is 11.7. The van der Waals surface area contributed by atoms with Gasteiger partial charge in [0.15, 0.2) is 0 Å². The summed E-state index contributed by atoms with van der Waals surface area (Å²) in [5.41, 5.74) is 1.02. The minimum Gasteiger partial charge on any atom is -0.481 e. The number of nitrogens with one attached hydrogen (secondary N) is 2. The molecule has 2 fully saturated rings. The van der Waals surface area contributed by atoms with Crippen LogP contribution >= 0.6 is 0 Å². The molecule has 0 bridgehead atoms. The first kappa shape index (κ1) is 10.2. The summed E-state index contributed by atoms with van der Waals surface area (Å²) >= 11 is 0. The molecule has 1 saturated heterocycles. The molecule has 0 spiro atoms. The number of urea groups is 1. The van der Waals surface area contributed by atoms with Crippen LogP contribution in [0.25, 0.3) is 0 Å². The number of nitrogens with zero attached hydrogens (tertiary/aromatic N) is 1.